The number of hydrogen-bond acceptors (Lipinski definition) is 5. The van der Waals surface area contributed by atoms with Gasteiger partial charge in [-0.3, -0.25) is 4.55 Å². The van der Waals surface area contributed by atoms with Crippen molar-refractivity contribution >= 4 is 22.1 Å². The minimum absolute atomic E-state index is 0. The first-order valence-electron chi connectivity index (χ1n) is 7.49. The van der Waals surface area contributed by atoms with Gasteiger partial charge in [0.25, 0.3) is 10.1 Å². The number of esters is 1. The number of benzene rings is 1. The van der Waals surface area contributed by atoms with Gasteiger partial charge in [-0.2, -0.15) is 8.42 Å². The monoisotopic (exact) mass is 398 g/mol. The second kappa shape index (κ2) is 10.1. The Morgan fingerprint density at radius 1 is 1.20 bits per heavy atom. The van der Waals surface area contributed by atoms with Crippen molar-refractivity contribution in [2.45, 2.75) is 45.1 Å². The van der Waals surface area contributed by atoms with Gasteiger partial charge in [0, 0.05) is 0 Å². The van der Waals surface area contributed by atoms with Crippen LogP contribution in [0.4, 0.5) is 0 Å². The Morgan fingerprint density at radius 2 is 1.76 bits per heavy atom. The van der Waals surface area contributed by atoms with E-state index in [1.165, 1.54) is 0 Å². The largest absolute Gasteiger partial charge is 1.00 e. The number of hydrogen-bond donors (Lipinski definition) is 2. The molecular formula is C16H23KO7S. The van der Waals surface area contributed by atoms with Gasteiger partial charge >= 0.3 is 63.3 Å². The zero-order valence-corrected chi connectivity index (χ0v) is 19.0. The molecule has 1 atom stereocenters. The minimum Gasteiger partial charge on any atom is -1.00 e. The molecule has 1 aromatic carbocycles. The summed E-state index contributed by atoms with van der Waals surface area (Å²) in [5, 5.41) is 8.93. The minimum atomic E-state index is -4.78. The van der Waals surface area contributed by atoms with Gasteiger partial charge in [-0.05, 0) is 36.5 Å². The molecule has 0 fully saturated rings. The molecule has 25 heavy (non-hydrogen) atoms. The number of carboxylic acids is 1. The van der Waals surface area contributed by atoms with Gasteiger partial charge in [0.2, 0.25) is 0 Å². The molecule has 1 rings (SSSR count). The molecule has 7 nitrogen and oxygen atoms in total. The smallest absolute Gasteiger partial charge is 1.00 e. The summed E-state index contributed by atoms with van der Waals surface area (Å²) in [6, 6.07) is 2.85. The molecule has 1 aromatic rings. The Labute approximate surface area is 191 Å². The molecule has 0 aliphatic carbocycles. The third-order valence-electron chi connectivity index (χ3n) is 3.43. The molecule has 0 spiro atoms. The molecule has 0 heterocycles. The van der Waals surface area contributed by atoms with Gasteiger partial charge in [-0.15, -0.1) is 0 Å². The fraction of sp³-hybridized carbons (Fsp3) is 0.500. The second-order valence-electron chi connectivity index (χ2n) is 6.31. The molecule has 2 N–H and O–H groups in total. The number of carbonyl (C=O) groups excluding carboxylic acids is 1. The van der Waals surface area contributed by atoms with E-state index in [0.29, 0.717) is 6.42 Å². The van der Waals surface area contributed by atoms with Crippen LogP contribution in [-0.2, 0) is 14.9 Å². The fourth-order valence-corrected chi connectivity index (χ4v) is 2.86. The molecule has 136 valence electrons. The summed E-state index contributed by atoms with van der Waals surface area (Å²) in [6.07, 6.45) is 0.170. The number of rotatable bonds is 7. The maximum atomic E-state index is 12.3. The molecule has 0 amide bonds. The number of carbonyl (C=O) groups is 2. The summed E-state index contributed by atoms with van der Waals surface area (Å²) in [4.78, 5) is 22.5. The standard InChI is InChI=1S/C16H22O7S.K.H/c1-9(2)7-13(10(3)4)23-16(19)12-6-5-11(15(17)18)8-14(12)24(20,21)22;;/h5-6,8-10,13H,7H2,1-4H3,(H,17,18)(H,20,21,22);;/q;+1;-1. The van der Waals surface area contributed by atoms with Crippen molar-refractivity contribution in [2.75, 3.05) is 0 Å². The van der Waals surface area contributed by atoms with Crippen molar-refractivity contribution in [2.24, 2.45) is 11.8 Å². The van der Waals surface area contributed by atoms with Crippen LogP contribution in [0.25, 0.3) is 0 Å². The van der Waals surface area contributed by atoms with E-state index in [4.69, 9.17) is 9.84 Å². The van der Waals surface area contributed by atoms with Gasteiger partial charge in [0.1, 0.15) is 11.0 Å². The van der Waals surface area contributed by atoms with E-state index in [0.717, 1.165) is 18.2 Å². The van der Waals surface area contributed by atoms with E-state index < -0.39 is 38.6 Å². The zero-order valence-electron chi connectivity index (χ0n) is 16.0. The topological polar surface area (TPSA) is 118 Å². The van der Waals surface area contributed by atoms with Crippen LogP contribution in [0, 0.1) is 11.8 Å². The summed E-state index contributed by atoms with van der Waals surface area (Å²) in [6.45, 7) is 7.68. The van der Waals surface area contributed by atoms with Crippen molar-refractivity contribution in [1.29, 1.82) is 0 Å². The normalized spacial score (nSPS) is 12.6. The average molecular weight is 399 g/mol. The van der Waals surface area contributed by atoms with E-state index in [9.17, 15) is 22.6 Å². The van der Waals surface area contributed by atoms with E-state index in [-0.39, 0.29) is 70.2 Å². The average Bonchev–Trinajstić information content (AvgIpc) is 2.44. The summed E-state index contributed by atoms with van der Waals surface area (Å²) < 4.78 is 37.6. The molecule has 0 radical (unpaired) electrons. The number of aromatic carboxylic acids is 1. The summed E-state index contributed by atoms with van der Waals surface area (Å²) in [7, 11) is -4.78. The quantitative estimate of drug-likeness (QED) is 0.376. The zero-order chi connectivity index (χ0) is 18.7. The Bertz CT molecular complexity index is 732. The van der Waals surface area contributed by atoms with Crippen molar-refractivity contribution in [3.8, 4) is 0 Å². The van der Waals surface area contributed by atoms with Gasteiger partial charge in [-0.1, -0.05) is 27.7 Å². The second-order valence-corrected chi connectivity index (χ2v) is 7.70. The van der Waals surface area contributed by atoms with Crippen LogP contribution in [0.2, 0.25) is 0 Å². The summed E-state index contributed by atoms with van der Waals surface area (Å²) in [5.41, 5.74) is -0.751. The molecular weight excluding hydrogens is 375 g/mol. The third kappa shape index (κ3) is 7.46. The summed E-state index contributed by atoms with van der Waals surface area (Å²) in [5.74, 6) is -2.01. The van der Waals surface area contributed by atoms with Crippen LogP contribution in [0.1, 0.15) is 56.3 Å². The molecule has 0 saturated carbocycles. The fourth-order valence-electron chi connectivity index (χ4n) is 2.16. The third-order valence-corrected chi connectivity index (χ3v) is 4.33. The van der Waals surface area contributed by atoms with Crippen LogP contribution in [0.3, 0.4) is 0 Å². The number of ether oxygens (including phenoxy) is 1. The van der Waals surface area contributed by atoms with E-state index >= 15 is 0 Å². The van der Waals surface area contributed by atoms with Crippen molar-refractivity contribution < 1.29 is 85.2 Å². The van der Waals surface area contributed by atoms with E-state index in [2.05, 4.69) is 0 Å². The van der Waals surface area contributed by atoms with Crippen LogP contribution in [0.15, 0.2) is 23.1 Å². The van der Waals surface area contributed by atoms with Gasteiger partial charge in [-0.25, -0.2) is 9.59 Å². The molecule has 0 aliphatic rings. The maximum Gasteiger partial charge on any atom is 1.00 e. The first-order chi connectivity index (χ1) is 10.9. The van der Waals surface area contributed by atoms with E-state index in [1.807, 2.05) is 27.7 Å². The van der Waals surface area contributed by atoms with E-state index in [1.54, 1.807) is 0 Å². The first-order valence-corrected chi connectivity index (χ1v) is 8.93. The van der Waals surface area contributed by atoms with Crippen molar-refractivity contribution in [3.05, 3.63) is 29.3 Å². The SMILES string of the molecule is CC(C)CC(OC(=O)c1ccc(C(=O)O)cc1S(=O)(=O)O)C(C)C.[H-].[K+]. The Morgan fingerprint density at radius 3 is 2.16 bits per heavy atom. The Hall–Kier alpha value is -0.294. The Kier molecular flexibility index (Phi) is 10.0. The molecule has 9 heteroatoms. The van der Waals surface area contributed by atoms with Crippen molar-refractivity contribution in [1.82, 2.24) is 0 Å². The molecule has 0 bridgehead atoms. The number of carboxylic acid groups (broad SMARTS) is 1. The predicted octanol–water partition coefficient (Wildman–Crippen LogP) is -0.0245. The van der Waals surface area contributed by atoms with Crippen molar-refractivity contribution in [3.63, 3.8) is 0 Å². The van der Waals surface area contributed by atoms with Gasteiger partial charge < -0.3 is 11.3 Å². The summed E-state index contributed by atoms with van der Waals surface area (Å²) >= 11 is 0. The Balaban J connectivity index is 0. The predicted molar refractivity (Wildman–Crippen MR) is 87.8 cm³/mol. The molecule has 0 saturated heterocycles. The van der Waals surface area contributed by atoms with Crippen LogP contribution < -0.4 is 51.4 Å². The molecule has 0 aromatic heterocycles. The van der Waals surface area contributed by atoms with Gasteiger partial charge in [0.05, 0.1) is 11.1 Å². The maximum absolute atomic E-state index is 12.3. The molecule has 1 unspecified atom stereocenters. The molecule has 0 aliphatic heterocycles. The van der Waals surface area contributed by atoms with Gasteiger partial charge in [0.15, 0.2) is 0 Å². The first kappa shape index (κ1) is 24.7. The van der Waals surface area contributed by atoms with Crippen LogP contribution >= 0.6 is 0 Å². The van der Waals surface area contributed by atoms with Crippen LogP contribution in [0.5, 0.6) is 0 Å². The van der Waals surface area contributed by atoms with Crippen LogP contribution in [-0.4, -0.2) is 36.1 Å².